The van der Waals surface area contributed by atoms with Crippen molar-refractivity contribution in [2.24, 2.45) is 5.92 Å². The predicted octanol–water partition coefficient (Wildman–Crippen LogP) is 3.94. The van der Waals surface area contributed by atoms with Gasteiger partial charge in [-0.1, -0.05) is 26.3 Å². The molecular weight excluding hydrogens is 287 g/mol. The van der Waals surface area contributed by atoms with E-state index in [1.807, 2.05) is 6.07 Å². The van der Waals surface area contributed by atoms with Gasteiger partial charge in [0.25, 0.3) is 0 Å². The molecule has 1 unspecified atom stereocenters. The van der Waals surface area contributed by atoms with Crippen LogP contribution in [0.15, 0.2) is 18.2 Å². The Morgan fingerprint density at radius 3 is 2.57 bits per heavy atom. The van der Waals surface area contributed by atoms with E-state index in [9.17, 15) is 4.39 Å². The number of aryl methyl sites for hydroxylation is 1. The van der Waals surface area contributed by atoms with E-state index in [-0.39, 0.29) is 18.2 Å². The second kappa shape index (κ2) is 8.72. The average molecular weight is 315 g/mol. The molecule has 120 valence electrons. The van der Waals surface area contributed by atoms with Crippen LogP contribution in [-0.2, 0) is 0 Å². The number of benzene rings is 1. The van der Waals surface area contributed by atoms with Gasteiger partial charge in [-0.15, -0.1) is 12.4 Å². The highest BCUT2D eigenvalue weighted by Gasteiger charge is 2.28. The van der Waals surface area contributed by atoms with Crippen LogP contribution in [0, 0.1) is 18.7 Å². The van der Waals surface area contributed by atoms with Gasteiger partial charge in [-0.05, 0) is 42.5 Å². The van der Waals surface area contributed by atoms with Crippen molar-refractivity contribution in [3.63, 3.8) is 0 Å². The number of nitrogens with one attached hydrogen (secondary N) is 1. The van der Waals surface area contributed by atoms with Crippen molar-refractivity contribution >= 4 is 12.4 Å². The van der Waals surface area contributed by atoms with Gasteiger partial charge in [-0.3, -0.25) is 4.90 Å². The molecule has 2 rings (SSSR count). The van der Waals surface area contributed by atoms with Crippen LogP contribution >= 0.6 is 12.4 Å². The van der Waals surface area contributed by atoms with Gasteiger partial charge in [0.1, 0.15) is 5.82 Å². The van der Waals surface area contributed by atoms with E-state index in [1.165, 1.54) is 24.0 Å². The summed E-state index contributed by atoms with van der Waals surface area (Å²) in [6.45, 7) is 10.8. The fraction of sp³-hybridized carbons (Fsp3) is 0.647. The fourth-order valence-corrected chi connectivity index (χ4v) is 3.37. The summed E-state index contributed by atoms with van der Waals surface area (Å²) in [6, 6.07) is 5.57. The van der Waals surface area contributed by atoms with Crippen molar-refractivity contribution in [2.75, 3.05) is 26.2 Å². The van der Waals surface area contributed by atoms with Crippen LogP contribution in [0.3, 0.4) is 0 Å². The summed E-state index contributed by atoms with van der Waals surface area (Å²) in [4.78, 5) is 2.53. The molecule has 2 atom stereocenters. The van der Waals surface area contributed by atoms with Crippen LogP contribution in [0.1, 0.15) is 43.9 Å². The lowest BCUT2D eigenvalue weighted by Crippen LogP contribution is -2.46. The van der Waals surface area contributed by atoms with E-state index in [0.717, 1.165) is 26.2 Å². The predicted molar refractivity (Wildman–Crippen MR) is 89.6 cm³/mol. The lowest BCUT2D eigenvalue weighted by molar-refractivity contribution is 0.125. The zero-order valence-corrected chi connectivity index (χ0v) is 14.2. The smallest absolute Gasteiger partial charge is 0.123 e. The van der Waals surface area contributed by atoms with E-state index < -0.39 is 0 Å². The molecule has 0 amide bonds. The Morgan fingerprint density at radius 1 is 1.29 bits per heavy atom. The van der Waals surface area contributed by atoms with E-state index in [2.05, 4.69) is 31.0 Å². The summed E-state index contributed by atoms with van der Waals surface area (Å²) in [6.07, 6.45) is 2.36. The molecule has 1 aromatic carbocycles. The molecule has 4 heteroatoms. The van der Waals surface area contributed by atoms with Gasteiger partial charge in [0.05, 0.1) is 0 Å². The number of piperazine rings is 1. The third kappa shape index (κ3) is 4.67. The summed E-state index contributed by atoms with van der Waals surface area (Å²) >= 11 is 0. The van der Waals surface area contributed by atoms with Crippen LogP contribution in [0.25, 0.3) is 0 Å². The van der Waals surface area contributed by atoms with Crippen LogP contribution in [-0.4, -0.2) is 31.1 Å². The summed E-state index contributed by atoms with van der Waals surface area (Å²) in [5.74, 6) is 0.438. The summed E-state index contributed by atoms with van der Waals surface area (Å²) in [7, 11) is 0. The zero-order chi connectivity index (χ0) is 14.5. The molecule has 1 saturated heterocycles. The van der Waals surface area contributed by atoms with Crippen molar-refractivity contribution in [3.8, 4) is 0 Å². The molecule has 0 radical (unpaired) electrons. The van der Waals surface area contributed by atoms with Gasteiger partial charge in [0.2, 0.25) is 0 Å². The number of nitrogens with zero attached hydrogens (tertiary/aromatic N) is 1. The molecule has 1 aromatic rings. The lowest BCUT2D eigenvalue weighted by atomic mass is 9.87. The first-order valence-corrected chi connectivity index (χ1v) is 7.84. The molecular formula is C17H28ClFN2. The third-order valence-corrected chi connectivity index (χ3v) is 4.39. The van der Waals surface area contributed by atoms with Gasteiger partial charge in [-0.25, -0.2) is 4.39 Å². The number of hydrogen-bond acceptors (Lipinski definition) is 2. The molecule has 1 fully saturated rings. The molecule has 1 N–H and O–H groups in total. The van der Waals surface area contributed by atoms with E-state index in [4.69, 9.17) is 0 Å². The standard InChI is InChI=1S/C17H27FN2.ClH/c1-4-5-14(3)17(20-10-8-19-9-11-20)16-12-15(18)7-6-13(16)2;/h6-7,12,14,17,19H,4-5,8-11H2,1-3H3;1H/t14?,17-;/m1./s1. The average Bonchev–Trinajstić information content (AvgIpc) is 2.44. The maximum Gasteiger partial charge on any atom is 0.123 e. The summed E-state index contributed by atoms with van der Waals surface area (Å²) < 4.78 is 13.7. The van der Waals surface area contributed by atoms with Crippen LogP contribution < -0.4 is 5.32 Å². The fourth-order valence-electron chi connectivity index (χ4n) is 3.37. The minimum atomic E-state index is -0.116. The Balaban J connectivity index is 0.00000220. The van der Waals surface area contributed by atoms with Crippen LogP contribution in [0.2, 0.25) is 0 Å². The van der Waals surface area contributed by atoms with Crippen LogP contribution in [0.5, 0.6) is 0 Å². The Hall–Kier alpha value is -0.640. The first-order chi connectivity index (χ1) is 9.63. The zero-order valence-electron chi connectivity index (χ0n) is 13.4. The molecule has 2 nitrogen and oxygen atoms in total. The molecule has 1 aliphatic rings. The topological polar surface area (TPSA) is 15.3 Å². The normalized spacial score (nSPS) is 18.9. The summed E-state index contributed by atoms with van der Waals surface area (Å²) in [5.41, 5.74) is 2.38. The Morgan fingerprint density at radius 2 is 1.95 bits per heavy atom. The molecule has 0 bridgehead atoms. The minimum Gasteiger partial charge on any atom is -0.314 e. The number of rotatable bonds is 5. The van der Waals surface area contributed by atoms with Crippen molar-refractivity contribution in [3.05, 3.63) is 35.1 Å². The second-order valence-corrected chi connectivity index (χ2v) is 6.00. The molecule has 0 saturated carbocycles. The quantitative estimate of drug-likeness (QED) is 0.885. The van der Waals surface area contributed by atoms with Gasteiger partial charge in [0.15, 0.2) is 0 Å². The van der Waals surface area contributed by atoms with E-state index >= 15 is 0 Å². The third-order valence-electron chi connectivity index (χ3n) is 4.39. The molecule has 0 aromatic heterocycles. The van der Waals surface area contributed by atoms with Crippen molar-refractivity contribution in [1.29, 1.82) is 0 Å². The van der Waals surface area contributed by atoms with Gasteiger partial charge in [0, 0.05) is 32.2 Å². The first-order valence-electron chi connectivity index (χ1n) is 7.84. The van der Waals surface area contributed by atoms with Crippen molar-refractivity contribution in [2.45, 2.75) is 39.7 Å². The van der Waals surface area contributed by atoms with Gasteiger partial charge < -0.3 is 5.32 Å². The molecule has 1 aliphatic heterocycles. The first kappa shape index (κ1) is 18.4. The Labute approximate surface area is 134 Å². The lowest BCUT2D eigenvalue weighted by Gasteiger charge is -2.39. The highest BCUT2D eigenvalue weighted by molar-refractivity contribution is 5.85. The maximum absolute atomic E-state index is 13.7. The van der Waals surface area contributed by atoms with E-state index in [1.54, 1.807) is 12.1 Å². The monoisotopic (exact) mass is 314 g/mol. The number of halogens is 2. The summed E-state index contributed by atoms with van der Waals surface area (Å²) in [5, 5.41) is 3.40. The SMILES string of the molecule is CCCC(C)[C@H](c1cc(F)ccc1C)N1CCNCC1.Cl. The second-order valence-electron chi connectivity index (χ2n) is 6.00. The van der Waals surface area contributed by atoms with Gasteiger partial charge >= 0.3 is 0 Å². The van der Waals surface area contributed by atoms with Crippen LogP contribution in [0.4, 0.5) is 4.39 Å². The Kier molecular flexibility index (Phi) is 7.64. The highest BCUT2D eigenvalue weighted by atomic mass is 35.5. The minimum absolute atomic E-state index is 0. The molecule has 1 heterocycles. The van der Waals surface area contributed by atoms with E-state index in [0.29, 0.717) is 12.0 Å². The highest BCUT2D eigenvalue weighted by Crippen LogP contribution is 2.34. The number of hydrogen-bond donors (Lipinski definition) is 1. The molecule has 0 aliphatic carbocycles. The van der Waals surface area contributed by atoms with Crippen molar-refractivity contribution in [1.82, 2.24) is 10.2 Å². The molecule has 21 heavy (non-hydrogen) atoms. The Bertz CT molecular complexity index is 433. The largest absolute Gasteiger partial charge is 0.314 e. The van der Waals surface area contributed by atoms with Crippen molar-refractivity contribution < 1.29 is 4.39 Å². The molecule has 0 spiro atoms. The van der Waals surface area contributed by atoms with Gasteiger partial charge in [-0.2, -0.15) is 0 Å². The maximum atomic E-state index is 13.7.